The molecule has 0 aliphatic carbocycles. The first-order chi connectivity index (χ1) is 17.3. The molecule has 0 spiro atoms. The molecule has 0 fully saturated rings. The van der Waals surface area contributed by atoms with Gasteiger partial charge in [0, 0.05) is 40.4 Å². The Balaban J connectivity index is 1.61. The second kappa shape index (κ2) is 9.68. The zero-order valence-electron chi connectivity index (χ0n) is 20.9. The topological polar surface area (TPSA) is 119 Å². The Bertz CT molecular complexity index is 1610. The highest BCUT2D eigenvalue weighted by molar-refractivity contribution is 7.92. The number of ether oxygens (including phenoxy) is 1. The minimum Gasteiger partial charge on any atom is -0.497 e. The van der Waals surface area contributed by atoms with Crippen LogP contribution in [0.15, 0.2) is 82.6 Å². The average Bonchev–Trinajstić information content (AvgIpc) is 2.82. The summed E-state index contributed by atoms with van der Waals surface area (Å²) in [5, 5.41) is 3.42. The molecule has 3 aromatic carbocycles. The fourth-order valence-corrected chi connectivity index (χ4v) is 5.86. The summed E-state index contributed by atoms with van der Waals surface area (Å²) in [7, 11) is -5.87. The number of sulfone groups is 1. The summed E-state index contributed by atoms with van der Waals surface area (Å²) >= 11 is 0. The number of rotatable bonds is 7. The van der Waals surface area contributed by atoms with Gasteiger partial charge in [0.2, 0.25) is 0 Å². The second-order valence-electron chi connectivity index (χ2n) is 9.56. The van der Waals surface area contributed by atoms with E-state index in [0.717, 1.165) is 23.8 Å². The van der Waals surface area contributed by atoms with Crippen LogP contribution in [0.25, 0.3) is 5.70 Å². The molecular formula is C27H28N2O6S2. The van der Waals surface area contributed by atoms with E-state index in [1.807, 2.05) is 18.2 Å². The van der Waals surface area contributed by atoms with Gasteiger partial charge in [0.25, 0.3) is 10.0 Å². The Morgan fingerprint density at radius 2 is 1.65 bits per heavy atom. The predicted octanol–water partition coefficient (Wildman–Crippen LogP) is 4.05. The lowest BCUT2D eigenvalue weighted by molar-refractivity contribution is 0.104. The zero-order valence-corrected chi connectivity index (χ0v) is 22.5. The lowest BCUT2D eigenvalue weighted by Gasteiger charge is -2.35. The van der Waals surface area contributed by atoms with Gasteiger partial charge in [0.05, 0.1) is 16.9 Å². The molecule has 8 nitrogen and oxygen atoms in total. The normalized spacial score (nSPS) is 15.9. The van der Waals surface area contributed by atoms with Gasteiger partial charge < -0.3 is 10.1 Å². The van der Waals surface area contributed by atoms with Gasteiger partial charge in [0.1, 0.15) is 5.75 Å². The van der Waals surface area contributed by atoms with E-state index in [-0.39, 0.29) is 26.8 Å². The van der Waals surface area contributed by atoms with Crippen molar-refractivity contribution in [3.8, 4) is 5.75 Å². The molecule has 1 aliphatic rings. The molecule has 1 aliphatic heterocycles. The maximum absolute atomic E-state index is 13.2. The number of fused-ring (bicyclic) bond motifs is 1. The predicted molar refractivity (Wildman–Crippen MR) is 143 cm³/mol. The number of nitrogens with one attached hydrogen (secondary N) is 2. The molecule has 0 radical (unpaired) electrons. The van der Waals surface area contributed by atoms with Crippen molar-refractivity contribution in [2.75, 3.05) is 18.1 Å². The fraction of sp³-hybridized carbons (Fsp3) is 0.222. The number of benzene rings is 3. The molecule has 1 heterocycles. The van der Waals surface area contributed by atoms with Crippen molar-refractivity contribution in [3.05, 3.63) is 89.5 Å². The molecule has 3 aromatic rings. The highest BCUT2D eigenvalue weighted by Crippen LogP contribution is 2.32. The van der Waals surface area contributed by atoms with Gasteiger partial charge in [-0.1, -0.05) is 18.2 Å². The van der Waals surface area contributed by atoms with Gasteiger partial charge in [-0.2, -0.15) is 0 Å². The molecule has 10 heteroatoms. The Kier molecular flexibility index (Phi) is 6.91. The van der Waals surface area contributed by atoms with Gasteiger partial charge in [-0.05, 0) is 74.4 Å². The van der Waals surface area contributed by atoms with Crippen molar-refractivity contribution in [2.45, 2.75) is 35.6 Å². The van der Waals surface area contributed by atoms with E-state index in [0.29, 0.717) is 17.0 Å². The van der Waals surface area contributed by atoms with E-state index in [9.17, 15) is 21.6 Å². The number of hydrogen-bond acceptors (Lipinski definition) is 7. The number of ketones is 1. The summed E-state index contributed by atoms with van der Waals surface area (Å²) < 4.78 is 56.8. The van der Waals surface area contributed by atoms with Crippen LogP contribution in [0.3, 0.4) is 0 Å². The van der Waals surface area contributed by atoms with Gasteiger partial charge in [-0.25, -0.2) is 16.8 Å². The van der Waals surface area contributed by atoms with Gasteiger partial charge in [0.15, 0.2) is 15.6 Å². The molecule has 194 valence electrons. The van der Waals surface area contributed by atoms with Crippen LogP contribution < -0.4 is 14.8 Å². The maximum Gasteiger partial charge on any atom is 0.261 e. The molecule has 0 unspecified atom stereocenters. The Morgan fingerprint density at radius 1 is 0.973 bits per heavy atom. The lowest BCUT2D eigenvalue weighted by Crippen LogP contribution is -2.43. The van der Waals surface area contributed by atoms with Crippen LogP contribution in [0, 0.1) is 0 Å². The Hall–Kier alpha value is -3.63. The van der Waals surface area contributed by atoms with Crippen LogP contribution in [0.2, 0.25) is 0 Å². The summed E-state index contributed by atoms with van der Waals surface area (Å²) in [5.41, 5.74) is 2.86. The number of sulfonamides is 1. The Morgan fingerprint density at radius 3 is 2.30 bits per heavy atom. The standard InChI is InChI=1S/C27H28N2O6S2/c1-27(2)17-19-8-9-21(35-3)15-24(19)25(28-27)16-26(30)18-6-5-7-20(14-18)29-37(33,34)23-12-10-22(11-13-23)36(4,31)32/h5-16,28-29H,17H2,1-4H3/b25-16-. The molecule has 37 heavy (non-hydrogen) atoms. The smallest absolute Gasteiger partial charge is 0.261 e. The van der Waals surface area contributed by atoms with Crippen LogP contribution in [0.4, 0.5) is 5.69 Å². The molecule has 0 aromatic heterocycles. The first-order valence-corrected chi connectivity index (χ1v) is 14.8. The van der Waals surface area contributed by atoms with Crippen LogP contribution >= 0.6 is 0 Å². The second-order valence-corrected chi connectivity index (χ2v) is 13.3. The van der Waals surface area contributed by atoms with E-state index in [1.54, 1.807) is 19.2 Å². The molecule has 0 saturated carbocycles. The summed E-state index contributed by atoms with van der Waals surface area (Å²) in [6.45, 7) is 4.10. The van der Waals surface area contributed by atoms with Crippen LogP contribution in [-0.4, -0.2) is 41.5 Å². The van der Waals surface area contributed by atoms with Crippen LogP contribution in [0.5, 0.6) is 5.75 Å². The summed E-state index contributed by atoms with van der Waals surface area (Å²) in [4.78, 5) is 13.1. The van der Waals surface area contributed by atoms with Gasteiger partial charge >= 0.3 is 0 Å². The first-order valence-electron chi connectivity index (χ1n) is 11.4. The molecule has 2 N–H and O–H groups in total. The lowest BCUT2D eigenvalue weighted by atomic mass is 9.85. The molecule has 0 bridgehead atoms. The van der Waals surface area contributed by atoms with E-state index in [4.69, 9.17) is 4.74 Å². The number of allylic oxidation sites excluding steroid dienone is 1. The van der Waals surface area contributed by atoms with Gasteiger partial charge in [-0.3, -0.25) is 9.52 Å². The van der Waals surface area contributed by atoms with Crippen LogP contribution in [-0.2, 0) is 26.3 Å². The molecule has 0 amide bonds. The third kappa shape index (κ3) is 6.03. The quantitative estimate of drug-likeness (QED) is 0.343. The zero-order chi connectivity index (χ0) is 27.0. The monoisotopic (exact) mass is 540 g/mol. The van der Waals surface area contributed by atoms with Crippen molar-refractivity contribution < 1.29 is 26.4 Å². The van der Waals surface area contributed by atoms with E-state index >= 15 is 0 Å². The third-order valence-corrected chi connectivity index (χ3v) is 8.48. The summed E-state index contributed by atoms with van der Waals surface area (Å²) in [6.07, 6.45) is 3.34. The number of carbonyl (C=O) groups is 1. The van der Waals surface area contributed by atoms with Crippen molar-refractivity contribution in [1.82, 2.24) is 5.32 Å². The van der Waals surface area contributed by atoms with E-state index in [1.165, 1.54) is 42.5 Å². The van der Waals surface area contributed by atoms with E-state index in [2.05, 4.69) is 23.9 Å². The molecule has 0 atom stereocenters. The van der Waals surface area contributed by atoms with E-state index < -0.39 is 19.9 Å². The van der Waals surface area contributed by atoms with Crippen molar-refractivity contribution in [3.63, 3.8) is 0 Å². The first kappa shape index (κ1) is 26.4. The maximum atomic E-state index is 13.2. The average molecular weight is 541 g/mol. The largest absolute Gasteiger partial charge is 0.497 e. The fourth-order valence-electron chi connectivity index (χ4n) is 4.18. The van der Waals surface area contributed by atoms with Crippen molar-refractivity contribution in [1.29, 1.82) is 0 Å². The van der Waals surface area contributed by atoms with Crippen LogP contribution in [0.1, 0.15) is 35.3 Å². The highest BCUT2D eigenvalue weighted by atomic mass is 32.2. The SMILES string of the molecule is COc1ccc2c(c1)/C(=C/C(=O)c1cccc(NS(=O)(=O)c3ccc(S(C)(=O)=O)cc3)c1)NC(C)(C)C2. The number of hydrogen-bond donors (Lipinski definition) is 2. The van der Waals surface area contributed by atoms with Crippen molar-refractivity contribution in [2.24, 2.45) is 0 Å². The number of anilines is 1. The number of methoxy groups -OCH3 is 1. The molecular weight excluding hydrogens is 512 g/mol. The summed E-state index contributed by atoms with van der Waals surface area (Å²) in [6, 6.07) is 16.9. The van der Waals surface area contributed by atoms with Crippen molar-refractivity contribution >= 4 is 37.0 Å². The molecule has 4 rings (SSSR count). The number of carbonyl (C=O) groups excluding carboxylic acids is 1. The summed E-state index contributed by atoms with van der Waals surface area (Å²) in [5.74, 6) is 0.382. The molecule has 0 saturated heterocycles. The highest BCUT2D eigenvalue weighted by Gasteiger charge is 2.28. The van der Waals surface area contributed by atoms with Gasteiger partial charge in [-0.15, -0.1) is 0 Å². The minimum atomic E-state index is -4.01. The Labute approximate surface area is 217 Å². The minimum absolute atomic E-state index is 0.0192. The third-order valence-electron chi connectivity index (χ3n) is 5.95.